The fraction of sp³-hybridized carbons (Fsp3) is 0.0833. The van der Waals surface area contributed by atoms with E-state index in [0.29, 0.717) is 17.5 Å². The molecule has 6 heteroatoms. The fourth-order valence-corrected chi connectivity index (χ4v) is 1.54. The van der Waals surface area contributed by atoms with Crippen molar-refractivity contribution in [3.8, 4) is 0 Å². The third-order valence-electron chi connectivity index (χ3n) is 2.31. The molecule has 0 radical (unpaired) electrons. The quantitative estimate of drug-likeness (QED) is 0.829. The van der Waals surface area contributed by atoms with E-state index < -0.39 is 5.97 Å². The zero-order chi connectivity index (χ0) is 13.0. The summed E-state index contributed by atoms with van der Waals surface area (Å²) in [6.07, 6.45) is 1.37. The number of anilines is 1. The van der Waals surface area contributed by atoms with E-state index in [1.54, 1.807) is 30.3 Å². The van der Waals surface area contributed by atoms with Crippen molar-refractivity contribution in [3.63, 3.8) is 0 Å². The molecule has 1 aromatic carbocycles. The minimum atomic E-state index is -0.933. The summed E-state index contributed by atoms with van der Waals surface area (Å²) in [6, 6.07) is 8.24. The second-order valence-electron chi connectivity index (χ2n) is 3.58. The molecule has 5 nitrogen and oxygen atoms in total. The van der Waals surface area contributed by atoms with Crippen LogP contribution in [0.5, 0.6) is 0 Å². The molecule has 2 aromatic rings. The van der Waals surface area contributed by atoms with E-state index in [2.05, 4.69) is 15.3 Å². The molecule has 0 spiro atoms. The summed E-state index contributed by atoms with van der Waals surface area (Å²) in [5, 5.41) is 12.2. The maximum Gasteiger partial charge on any atom is 0.335 e. The molecule has 0 aliphatic rings. The number of aromatic carboxylic acids is 1. The van der Waals surface area contributed by atoms with Crippen molar-refractivity contribution < 1.29 is 9.90 Å². The van der Waals surface area contributed by atoms with Crippen LogP contribution in [-0.2, 0) is 6.54 Å². The van der Waals surface area contributed by atoms with E-state index >= 15 is 0 Å². The Balaban J connectivity index is 2.00. The van der Waals surface area contributed by atoms with Gasteiger partial charge in [-0.3, -0.25) is 0 Å². The minimum absolute atomic E-state index is 0.267. The van der Waals surface area contributed by atoms with Crippen LogP contribution in [0.25, 0.3) is 0 Å². The summed E-state index contributed by atoms with van der Waals surface area (Å²) in [5.74, 6) is -0.311. The summed E-state index contributed by atoms with van der Waals surface area (Å²) in [7, 11) is 0. The third kappa shape index (κ3) is 3.18. The fourth-order valence-electron chi connectivity index (χ4n) is 1.39. The highest BCUT2D eigenvalue weighted by Crippen LogP contribution is 2.11. The smallest absolute Gasteiger partial charge is 0.335 e. The Labute approximate surface area is 108 Å². The van der Waals surface area contributed by atoms with Crippen LogP contribution in [0.1, 0.15) is 15.9 Å². The van der Waals surface area contributed by atoms with Crippen molar-refractivity contribution in [2.45, 2.75) is 6.54 Å². The number of hydrogen-bond donors (Lipinski definition) is 2. The van der Waals surface area contributed by atoms with Gasteiger partial charge >= 0.3 is 5.97 Å². The Morgan fingerprint density at radius 2 is 2.00 bits per heavy atom. The number of carboxylic acid groups (broad SMARTS) is 1. The van der Waals surface area contributed by atoms with Gasteiger partial charge in [-0.15, -0.1) is 0 Å². The number of rotatable bonds is 4. The summed E-state index contributed by atoms with van der Waals surface area (Å²) < 4.78 is 0. The van der Waals surface area contributed by atoms with Gasteiger partial charge in [0.05, 0.1) is 5.56 Å². The Morgan fingerprint density at radius 1 is 1.28 bits per heavy atom. The monoisotopic (exact) mass is 263 g/mol. The molecule has 0 saturated heterocycles. The Kier molecular flexibility index (Phi) is 3.74. The lowest BCUT2D eigenvalue weighted by atomic mass is 10.1. The van der Waals surface area contributed by atoms with Crippen molar-refractivity contribution >= 4 is 23.4 Å². The molecule has 0 bridgehead atoms. The zero-order valence-corrected chi connectivity index (χ0v) is 10.1. The van der Waals surface area contributed by atoms with Crippen LogP contribution in [0.3, 0.4) is 0 Å². The van der Waals surface area contributed by atoms with Crippen molar-refractivity contribution in [2.75, 3.05) is 5.32 Å². The molecule has 0 unspecified atom stereocenters. The first kappa shape index (κ1) is 12.3. The average Bonchev–Trinajstić information content (AvgIpc) is 2.37. The van der Waals surface area contributed by atoms with Gasteiger partial charge in [0.25, 0.3) is 0 Å². The number of carbonyl (C=O) groups is 1. The van der Waals surface area contributed by atoms with Gasteiger partial charge in [0.2, 0.25) is 0 Å². The molecule has 2 rings (SSSR count). The normalized spacial score (nSPS) is 10.1. The molecule has 1 aromatic heterocycles. The predicted molar refractivity (Wildman–Crippen MR) is 67.8 cm³/mol. The highest BCUT2D eigenvalue weighted by molar-refractivity contribution is 6.29. The Hall–Kier alpha value is -2.14. The lowest BCUT2D eigenvalue weighted by molar-refractivity contribution is 0.0697. The predicted octanol–water partition coefficient (Wildman–Crippen LogP) is 2.44. The first-order valence-corrected chi connectivity index (χ1v) is 5.56. The summed E-state index contributed by atoms with van der Waals surface area (Å²) in [5.41, 5.74) is 1.22. The zero-order valence-electron chi connectivity index (χ0n) is 9.30. The molecular weight excluding hydrogens is 254 g/mol. The number of halogens is 1. The van der Waals surface area contributed by atoms with Crippen LogP contribution in [0, 0.1) is 0 Å². The van der Waals surface area contributed by atoms with Gasteiger partial charge in [0, 0.05) is 12.6 Å². The van der Waals surface area contributed by atoms with Crippen LogP contribution < -0.4 is 5.32 Å². The second-order valence-corrected chi connectivity index (χ2v) is 3.97. The Bertz CT molecular complexity index is 558. The maximum absolute atomic E-state index is 10.7. The van der Waals surface area contributed by atoms with Crippen LogP contribution in [0.4, 0.5) is 5.82 Å². The van der Waals surface area contributed by atoms with E-state index in [-0.39, 0.29) is 5.56 Å². The van der Waals surface area contributed by atoms with Crippen LogP contribution in [-0.4, -0.2) is 21.0 Å². The van der Waals surface area contributed by atoms with E-state index in [1.807, 2.05) is 0 Å². The number of benzene rings is 1. The lowest BCUT2D eigenvalue weighted by Gasteiger charge is -2.05. The van der Waals surface area contributed by atoms with Crippen LogP contribution in [0.2, 0.25) is 5.15 Å². The second kappa shape index (κ2) is 5.46. The first-order chi connectivity index (χ1) is 8.65. The number of carboxylic acids is 1. The molecule has 18 heavy (non-hydrogen) atoms. The topological polar surface area (TPSA) is 75.1 Å². The van der Waals surface area contributed by atoms with Gasteiger partial charge < -0.3 is 10.4 Å². The summed E-state index contributed by atoms with van der Waals surface area (Å²) >= 11 is 5.73. The molecule has 2 N–H and O–H groups in total. The lowest BCUT2D eigenvalue weighted by Crippen LogP contribution is -2.02. The standard InChI is InChI=1S/C12H10ClN3O2/c13-10-5-11(16-7-15-10)14-6-8-1-3-9(4-2-8)12(17)18/h1-5,7H,6H2,(H,17,18)(H,14,15,16). The van der Waals surface area contributed by atoms with E-state index in [9.17, 15) is 4.79 Å². The van der Waals surface area contributed by atoms with Gasteiger partial charge in [-0.2, -0.15) is 0 Å². The molecule has 0 saturated carbocycles. The molecule has 92 valence electrons. The van der Waals surface area contributed by atoms with Crippen molar-refractivity contribution in [1.29, 1.82) is 0 Å². The van der Waals surface area contributed by atoms with Gasteiger partial charge in [0.15, 0.2) is 0 Å². The molecule has 0 amide bonds. The molecule has 1 heterocycles. The average molecular weight is 264 g/mol. The maximum atomic E-state index is 10.7. The number of nitrogens with one attached hydrogen (secondary N) is 1. The number of nitrogens with zero attached hydrogens (tertiary/aromatic N) is 2. The van der Waals surface area contributed by atoms with Crippen LogP contribution >= 0.6 is 11.6 Å². The van der Waals surface area contributed by atoms with Crippen molar-refractivity contribution in [3.05, 3.63) is 52.9 Å². The molecule has 0 aliphatic carbocycles. The largest absolute Gasteiger partial charge is 0.478 e. The number of aromatic nitrogens is 2. The van der Waals surface area contributed by atoms with Crippen molar-refractivity contribution in [1.82, 2.24) is 9.97 Å². The summed E-state index contributed by atoms with van der Waals surface area (Å²) in [4.78, 5) is 18.5. The Morgan fingerprint density at radius 3 is 2.61 bits per heavy atom. The molecule has 0 atom stereocenters. The van der Waals surface area contributed by atoms with E-state index in [1.165, 1.54) is 6.33 Å². The van der Waals surface area contributed by atoms with E-state index in [0.717, 1.165) is 5.56 Å². The highest BCUT2D eigenvalue weighted by Gasteiger charge is 2.02. The highest BCUT2D eigenvalue weighted by atomic mass is 35.5. The first-order valence-electron chi connectivity index (χ1n) is 5.19. The van der Waals surface area contributed by atoms with Crippen LogP contribution in [0.15, 0.2) is 36.7 Å². The van der Waals surface area contributed by atoms with Crippen molar-refractivity contribution in [2.24, 2.45) is 0 Å². The molecular formula is C12H10ClN3O2. The van der Waals surface area contributed by atoms with Gasteiger partial charge in [-0.1, -0.05) is 23.7 Å². The van der Waals surface area contributed by atoms with Gasteiger partial charge in [-0.05, 0) is 17.7 Å². The SMILES string of the molecule is O=C(O)c1ccc(CNc2cc(Cl)ncn2)cc1. The molecule has 0 aliphatic heterocycles. The van der Waals surface area contributed by atoms with Gasteiger partial charge in [0.1, 0.15) is 17.3 Å². The van der Waals surface area contributed by atoms with Gasteiger partial charge in [-0.25, -0.2) is 14.8 Å². The van der Waals surface area contributed by atoms with E-state index in [4.69, 9.17) is 16.7 Å². The summed E-state index contributed by atoms with van der Waals surface area (Å²) in [6.45, 7) is 0.535. The molecule has 0 fully saturated rings. The third-order valence-corrected chi connectivity index (χ3v) is 2.51. The number of hydrogen-bond acceptors (Lipinski definition) is 4. The minimum Gasteiger partial charge on any atom is -0.478 e.